The Balaban J connectivity index is 0.00000484. The van der Waals surface area contributed by atoms with Gasteiger partial charge >= 0.3 is 0 Å². The number of rotatable bonds is 9. The minimum absolute atomic E-state index is 0. The molecule has 0 aliphatic carbocycles. The molecule has 1 saturated heterocycles. The average molecular weight is 442 g/mol. The van der Waals surface area contributed by atoms with E-state index in [9.17, 15) is 4.79 Å². The Morgan fingerprint density at radius 2 is 2.00 bits per heavy atom. The van der Waals surface area contributed by atoms with Gasteiger partial charge in [-0.15, -0.1) is 24.0 Å². The number of hydrogen-bond donors (Lipinski definition) is 2. The molecule has 1 fully saturated rings. The van der Waals surface area contributed by atoms with Crippen LogP contribution in [0.15, 0.2) is 4.99 Å². The Bertz CT molecular complexity index is 356. The van der Waals surface area contributed by atoms with Crippen LogP contribution in [-0.4, -0.2) is 76.4 Å². The van der Waals surface area contributed by atoms with Gasteiger partial charge in [0.05, 0.1) is 19.8 Å². The summed E-state index contributed by atoms with van der Waals surface area (Å²) in [7, 11) is 1.68. The van der Waals surface area contributed by atoms with E-state index in [1.54, 1.807) is 7.11 Å². The maximum absolute atomic E-state index is 11.5. The maximum atomic E-state index is 11.5. The number of carbonyl (C=O) groups excluding carboxylic acids is 1. The first-order valence-electron chi connectivity index (χ1n) is 8.07. The Hall–Kier alpha value is -0.610. The van der Waals surface area contributed by atoms with Gasteiger partial charge in [-0.3, -0.25) is 4.79 Å². The first kappa shape index (κ1) is 22.4. The number of nitrogens with zero attached hydrogens (tertiary/aromatic N) is 2. The van der Waals surface area contributed by atoms with Gasteiger partial charge in [0.2, 0.25) is 5.91 Å². The van der Waals surface area contributed by atoms with E-state index in [0.717, 1.165) is 38.6 Å². The number of aliphatic imine (C=N–C) groups is 1. The smallest absolute Gasteiger partial charge is 0.241 e. The minimum Gasteiger partial charge on any atom is -0.382 e. The van der Waals surface area contributed by atoms with Crippen molar-refractivity contribution < 1.29 is 14.3 Å². The van der Waals surface area contributed by atoms with Crippen LogP contribution < -0.4 is 10.6 Å². The zero-order valence-electron chi connectivity index (χ0n) is 14.5. The fraction of sp³-hybridized carbons (Fsp3) is 0.867. The minimum atomic E-state index is -0.0449. The molecule has 1 heterocycles. The molecule has 0 spiro atoms. The maximum Gasteiger partial charge on any atom is 0.241 e. The molecule has 1 rings (SSSR count). The third-order valence-electron chi connectivity index (χ3n) is 3.45. The van der Waals surface area contributed by atoms with Crippen molar-refractivity contribution in [1.82, 2.24) is 15.5 Å². The molecule has 0 saturated carbocycles. The van der Waals surface area contributed by atoms with Gasteiger partial charge in [-0.05, 0) is 20.3 Å². The van der Waals surface area contributed by atoms with Gasteiger partial charge in [-0.2, -0.15) is 0 Å². The van der Waals surface area contributed by atoms with Crippen LogP contribution in [0.25, 0.3) is 0 Å². The molecule has 7 nitrogen and oxygen atoms in total. The van der Waals surface area contributed by atoms with Crippen LogP contribution in [0.3, 0.4) is 0 Å². The van der Waals surface area contributed by atoms with Crippen LogP contribution in [0, 0.1) is 5.92 Å². The Morgan fingerprint density at radius 3 is 2.65 bits per heavy atom. The number of carbonyl (C=O) groups is 1. The summed E-state index contributed by atoms with van der Waals surface area (Å²) in [6, 6.07) is 0. The first-order chi connectivity index (χ1) is 10.7. The molecule has 2 N–H and O–H groups in total. The molecule has 0 aromatic carbocycles. The molecule has 1 aliphatic heterocycles. The zero-order valence-corrected chi connectivity index (χ0v) is 16.8. The lowest BCUT2D eigenvalue weighted by molar-refractivity contribution is -0.119. The fourth-order valence-corrected chi connectivity index (χ4v) is 2.38. The second-order valence-electron chi connectivity index (χ2n) is 5.29. The number of hydrogen-bond acceptors (Lipinski definition) is 4. The summed E-state index contributed by atoms with van der Waals surface area (Å²) in [6.45, 7) is 9.40. The number of methoxy groups -OCH3 is 1. The predicted molar refractivity (Wildman–Crippen MR) is 102 cm³/mol. The molecule has 1 atom stereocenters. The van der Waals surface area contributed by atoms with Crippen molar-refractivity contribution >= 4 is 35.8 Å². The number of amides is 1. The highest BCUT2D eigenvalue weighted by Gasteiger charge is 2.25. The lowest BCUT2D eigenvalue weighted by atomic mass is 10.1. The molecule has 0 aromatic heterocycles. The van der Waals surface area contributed by atoms with Crippen LogP contribution in [0.4, 0.5) is 0 Å². The molecule has 1 amide bonds. The van der Waals surface area contributed by atoms with Gasteiger partial charge in [0.15, 0.2) is 5.96 Å². The lowest BCUT2D eigenvalue weighted by Gasteiger charge is -2.21. The molecule has 136 valence electrons. The molecule has 8 heteroatoms. The Labute approximate surface area is 156 Å². The highest BCUT2D eigenvalue weighted by molar-refractivity contribution is 14.0. The van der Waals surface area contributed by atoms with E-state index in [-0.39, 0.29) is 36.4 Å². The van der Waals surface area contributed by atoms with Gasteiger partial charge < -0.3 is 25.0 Å². The van der Waals surface area contributed by atoms with Crippen LogP contribution >= 0.6 is 24.0 Å². The molecule has 1 aliphatic rings. The molecule has 0 bridgehead atoms. The van der Waals surface area contributed by atoms with Crippen LogP contribution in [0.2, 0.25) is 0 Å². The summed E-state index contributed by atoms with van der Waals surface area (Å²) in [4.78, 5) is 18.2. The normalized spacial score (nSPS) is 17.8. The third-order valence-corrected chi connectivity index (χ3v) is 3.45. The number of likely N-dealkylation sites (N-methyl/N-ethyl adjacent to an activating group) is 1. The number of halogens is 1. The van der Waals surface area contributed by atoms with E-state index in [1.807, 2.05) is 13.8 Å². The quantitative estimate of drug-likeness (QED) is 0.238. The van der Waals surface area contributed by atoms with E-state index in [2.05, 4.69) is 20.5 Å². The largest absolute Gasteiger partial charge is 0.382 e. The summed E-state index contributed by atoms with van der Waals surface area (Å²) in [6.07, 6.45) is 1.08. The highest BCUT2D eigenvalue weighted by Crippen LogP contribution is 2.16. The van der Waals surface area contributed by atoms with E-state index in [1.165, 1.54) is 0 Å². The van der Waals surface area contributed by atoms with Gasteiger partial charge in [0.1, 0.15) is 6.54 Å². The summed E-state index contributed by atoms with van der Waals surface area (Å²) in [5.41, 5.74) is 0. The summed E-state index contributed by atoms with van der Waals surface area (Å²) >= 11 is 0. The molecule has 23 heavy (non-hydrogen) atoms. The van der Waals surface area contributed by atoms with Crippen molar-refractivity contribution in [3.8, 4) is 0 Å². The van der Waals surface area contributed by atoms with Crippen molar-refractivity contribution in [3.05, 3.63) is 0 Å². The molecule has 1 unspecified atom stereocenters. The molecular formula is C15H31IN4O3. The fourth-order valence-electron chi connectivity index (χ4n) is 2.38. The lowest BCUT2D eigenvalue weighted by Crippen LogP contribution is -2.41. The van der Waals surface area contributed by atoms with E-state index in [4.69, 9.17) is 9.47 Å². The standard InChI is InChI=1S/C15H30N4O3.HI/c1-4-16-14(20)10-18-15(17-5-2)19-7-6-13(11-19)12-22-9-8-21-3;/h13H,4-12H2,1-3H3,(H,16,20)(H,17,18);1H. The monoisotopic (exact) mass is 442 g/mol. The summed E-state index contributed by atoms with van der Waals surface area (Å²) in [5, 5.41) is 6.01. The zero-order chi connectivity index (χ0) is 16.2. The number of likely N-dealkylation sites (tertiary alicyclic amines) is 1. The Morgan fingerprint density at radius 1 is 1.26 bits per heavy atom. The molecule has 0 aromatic rings. The third kappa shape index (κ3) is 9.31. The topological polar surface area (TPSA) is 75.2 Å². The second-order valence-corrected chi connectivity index (χ2v) is 5.29. The van der Waals surface area contributed by atoms with E-state index < -0.39 is 0 Å². The summed E-state index contributed by atoms with van der Waals surface area (Å²) < 4.78 is 10.6. The highest BCUT2D eigenvalue weighted by atomic mass is 127. The van der Waals surface area contributed by atoms with Gasteiger partial charge in [-0.1, -0.05) is 0 Å². The molecule has 0 radical (unpaired) electrons. The second kappa shape index (κ2) is 13.8. The van der Waals surface area contributed by atoms with Crippen LogP contribution in [0.5, 0.6) is 0 Å². The number of guanidine groups is 1. The van der Waals surface area contributed by atoms with Gasteiger partial charge in [0.25, 0.3) is 0 Å². The predicted octanol–water partition coefficient (Wildman–Crippen LogP) is 0.691. The van der Waals surface area contributed by atoms with Crippen molar-refractivity contribution in [3.63, 3.8) is 0 Å². The van der Waals surface area contributed by atoms with Crippen LogP contribution in [-0.2, 0) is 14.3 Å². The van der Waals surface area contributed by atoms with Crippen molar-refractivity contribution in [2.45, 2.75) is 20.3 Å². The van der Waals surface area contributed by atoms with Gasteiger partial charge in [-0.25, -0.2) is 4.99 Å². The SMILES string of the molecule is CCNC(=O)CN=C(NCC)N1CCC(COCCOC)C1.I. The first-order valence-corrected chi connectivity index (χ1v) is 8.07. The van der Waals surface area contributed by atoms with Crippen molar-refractivity contribution in [2.24, 2.45) is 10.9 Å². The van der Waals surface area contributed by atoms with E-state index in [0.29, 0.717) is 25.7 Å². The number of nitrogens with one attached hydrogen (secondary N) is 2. The molecular weight excluding hydrogens is 411 g/mol. The Kier molecular flexibility index (Phi) is 13.4. The average Bonchev–Trinajstić information content (AvgIpc) is 2.97. The van der Waals surface area contributed by atoms with E-state index >= 15 is 0 Å². The summed E-state index contributed by atoms with van der Waals surface area (Å²) in [5.74, 6) is 1.27. The van der Waals surface area contributed by atoms with Crippen molar-refractivity contribution in [2.75, 3.05) is 59.7 Å². The number of ether oxygens (including phenoxy) is 2. The van der Waals surface area contributed by atoms with Crippen LogP contribution in [0.1, 0.15) is 20.3 Å². The van der Waals surface area contributed by atoms with Crippen molar-refractivity contribution in [1.29, 1.82) is 0 Å². The van der Waals surface area contributed by atoms with Gasteiger partial charge in [0, 0.05) is 39.2 Å².